The van der Waals surface area contributed by atoms with Gasteiger partial charge in [0.1, 0.15) is 11.6 Å². The van der Waals surface area contributed by atoms with Crippen LogP contribution in [0.5, 0.6) is 0 Å². The van der Waals surface area contributed by atoms with E-state index >= 15 is 0 Å². The summed E-state index contributed by atoms with van der Waals surface area (Å²) in [5, 5.41) is 2.88. The Morgan fingerprint density at radius 1 is 1.38 bits per heavy atom. The van der Waals surface area contributed by atoms with Crippen LogP contribution in [0.15, 0.2) is 24.4 Å². The Bertz CT molecular complexity index is 532. The van der Waals surface area contributed by atoms with Crippen molar-refractivity contribution in [3.63, 3.8) is 0 Å². The zero-order valence-electron chi connectivity index (χ0n) is 13.1. The van der Waals surface area contributed by atoms with E-state index < -0.39 is 11.6 Å². The molecule has 114 valence electrons. The van der Waals surface area contributed by atoms with Crippen molar-refractivity contribution in [2.24, 2.45) is 0 Å². The van der Waals surface area contributed by atoms with E-state index in [0.29, 0.717) is 12.8 Å². The van der Waals surface area contributed by atoms with Gasteiger partial charge >= 0.3 is 0 Å². The van der Waals surface area contributed by atoms with Gasteiger partial charge in [0.15, 0.2) is 0 Å². The fourth-order valence-corrected chi connectivity index (χ4v) is 2.79. The van der Waals surface area contributed by atoms with E-state index in [1.165, 1.54) is 0 Å². The number of hydrogen-bond acceptors (Lipinski definition) is 3. The zero-order chi connectivity index (χ0) is 15.6. The van der Waals surface area contributed by atoms with Gasteiger partial charge in [-0.1, -0.05) is 19.9 Å². The molecule has 2 rings (SSSR count). The molecule has 1 aliphatic rings. The molecule has 1 aliphatic heterocycles. The highest BCUT2D eigenvalue weighted by Crippen LogP contribution is 2.30. The van der Waals surface area contributed by atoms with E-state index in [4.69, 9.17) is 0 Å². The molecule has 0 bridgehead atoms. The molecule has 2 amide bonds. The minimum absolute atomic E-state index is 0.0328. The Labute approximate surface area is 125 Å². The summed E-state index contributed by atoms with van der Waals surface area (Å²) < 4.78 is 0. The summed E-state index contributed by atoms with van der Waals surface area (Å²) in [5.74, 6) is -0.112. The van der Waals surface area contributed by atoms with E-state index in [-0.39, 0.29) is 17.9 Å². The number of piperazine rings is 1. The number of aromatic nitrogens is 1. The summed E-state index contributed by atoms with van der Waals surface area (Å²) in [4.78, 5) is 31.3. The van der Waals surface area contributed by atoms with Crippen LogP contribution >= 0.6 is 0 Å². The second kappa shape index (κ2) is 5.84. The van der Waals surface area contributed by atoms with Gasteiger partial charge in [-0.05, 0) is 38.8 Å². The van der Waals surface area contributed by atoms with Crippen LogP contribution in [0.2, 0.25) is 0 Å². The molecule has 0 aromatic carbocycles. The van der Waals surface area contributed by atoms with Crippen molar-refractivity contribution in [2.45, 2.75) is 58.2 Å². The third-order valence-electron chi connectivity index (χ3n) is 4.37. The summed E-state index contributed by atoms with van der Waals surface area (Å²) in [5.41, 5.74) is -0.0244. The van der Waals surface area contributed by atoms with E-state index in [0.717, 1.165) is 5.69 Å². The lowest BCUT2D eigenvalue weighted by atomic mass is 9.89. The largest absolute Gasteiger partial charge is 0.340 e. The monoisotopic (exact) mass is 289 g/mol. The van der Waals surface area contributed by atoms with Crippen LogP contribution in [0.1, 0.15) is 52.3 Å². The highest BCUT2D eigenvalue weighted by atomic mass is 16.2. The third kappa shape index (κ3) is 2.64. The predicted molar refractivity (Wildman–Crippen MR) is 80.4 cm³/mol. The smallest absolute Gasteiger partial charge is 0.249 e. The van der Waals surface area contributed by atoms with Crippen molar-refractivity contribution >= 4 is 11.8 Å². The molecular formula is C16H23N3O2. The Hall–Kier alpha value is -1.91. The highest BCUT2D eigenvalue weighted by Gasteiger charge is 2.48. The third-order valence-corrected chi connectivity index (χ3v) is 4.37. The minimum Gasteiger partial charge on any atom is -0.340 e. The molecule has 3 atom stereocenters. The summed E-state index contributed by atoms with van der Waals surface area (Å²) in [6, 6.07) is 4.97. The maximum absolute atomic E-state index is 12.9. The molecule has 0 radical (unpaired) electrons. The molecule has 2 heterocycles. The first-order chi connectivity index (χ1) is 9.94. The molecule has 0 spiro atoms. The molecular weight excluding hydrogens is 266 g/mol. The molecule has 1 saturated heterocycles. The fourth-order valence-electron chi connectivity index (χ4n) is 2.79. The fraction of sp³-hybridized carbons (Fsp3) is 0.562. The van der Waals surface area contributed by atoms with E-state index in [2.05, 4.69) is 10.3 Å². The first-order valence-corrected chi connectivity index (χ1v) is 7.50. The Morgan fingerprint density at radius 3 is 2.62 bits per heavy atom. The molecule has 1 fully saturated rings. The molecule has 1 aromatic rings. The average molecular weight is 289 g/mol. The Kier molecular flexibility index (Phi) is 4.30. The quantitative estimate of drug-likeness (QED) is 0.922. The number of pyridine rings is 1. The first-order valence-electron chi connectivity index (χ1n) is 7.50. The van der Waals surface area contributed by atoms with Crippen molar-refractivity contribution < 1.29 is 9.59 Å². The Balaban J connectivity index is 2.41. The van der Waals surface area contributed by atoms with Crippen LogP contribution in [0.4, 0.5) is 0 Å². The van der Waals surface area contributed by atoms with Gasteiger partial charge in [0.05, 0.1) is 11.7 Å². The lowest BCUT2D eigenvalue weighted by Gasteiger charge is -2.46. The van der Waals surface area contributed by atoms with E-state index in [1.807, 2.05) is 39.0 Å². The van der Waals surface area contributed by atoms with Gasteiger partial charge in [0, 0.05) is 6.20 Å². The van der Waals surface area contributed by atoms with Crippen LogP contribution in [0.3, 0.4) is 0 Å². The molecule has 3 unspecified atom stereocenters. The van der Waals surface area contributed by atoms with Gasteiger partial charge in [-0.3, -0.25) is 14.6 Å². The summed E-state index contributed by atoms with van der Waals surface area (Å²) in [7, 11) is 0. The number of amides is 2. The number of nitrogens with zero attached hydrogens (tertiary/aromatic N) is 2. The van der Waals surface area contributed by atoms with Gasteiger partial charge in [-0.25, -0.2) is 0 Å². The van der Waals surface area contributed by atoms with Gasteiger partial charge < -0.3 is 10.2 Å². The number of carbonyl (C=O) groups excluding carboxylic acids is 2. The summed E-state index contributed by atoms with van der Waals surface area (Å²) in [6.45, 7) is 7.55. The number of carbonyl (C=O) groups is 2. The van der Waals surface area contributed by atoms with Crippen molar-refractivity contribution in [2.75, 3.05) is 0 Å². The highest BCUT2D eigenvalue weighted by molar-refractivity contribution is 5.99. The molecule has 0 aliphatic carbocycles. The van der Waals surface area contributed by atoms with Gasteiger partial charge in [-0.2, -0.15) is 0 Å². The second-order valence-corrected chi connectivity index (χ2v) is 5.74. The number of nitrogens with one attached hydrogen (secondary N) is 1. The molecule has 0 saturated carbocycles. The van der Waals surface area contributed by atoms with Crippen molar-refractivity contribution in [1.82, 2.24) is 15.2 Å². The van der Waals surface area contributed by atoms with Crippen LogP contribution in [-0.4, -0.2) is 33.3 Å². The SMILES string of the molecule is CCC1C(=O)NC(C)(CC)C(=O)N1C(C)c1ccccn1. The van der Waals surface area contributed by atoms with Crippen LogP contribution in [0, 0.1) is 0 Å². The second-order valence-electron chi connectivity index (χ2n) is 5.74. The van der Waals surface area contributed by atoms with E-state index in [9.17, 15) is 9.59 Å². The normalized spacial score (nSPS) is 27.4. The predicted octanol–water partition coefficient (Wildman–Crippen LogP) is 2.05. The maximum Gasteiger partial charge on any atom is 0.249 e. The maximum atomic E-state index is 12.9. The van der Waals surface area contributed by atoms with Crippen molar-refractivity contribution in [3.8, 4) is 0 Å². The van der Waals surface area contributed by atoms with E-state index in [1.54, 1.807) is 18.0 Å². The van der Waals surface area contributed by atoms with Gasteiger partial charge in [0.2, 0.25) is 11.8 Å². The molecule has 1 aromatic heterocycles. The lowest BCUT2D eigenvalue weighted by molar-refractivity contribution is -0.157. The van der Waals surface area contributed by atoms with Crippen molar-refractivity contribution in [3.05, 3.63) is 30.1 Å². The van der Waals surface area contributed by atoms with Crippen molar-refractivity contribution in [1.29, 1.82) is 0 Å². The summed E-state index contributed by atoms with van der Waals surface area (Å²) in [6.07, 6.45) is 2.87. The first kappa shape index (κ1) is 15.5. The Morgan fingerprint density at radius 2 is 2.10 bits per heavy atom. The molecule has 5 nitrogen and oxygen atoms in total. The summed E-state index contributed by atoms with van der Waals surface area (Å²) >= 11 is 0. The minimum atomic E-state index is -0.828. The standard InChI is InChI=1S/C16H23N3O2/c1-5-13-14(20)18-16(4,6-2)15(21)19(13)11(3)12-9-7-8-10-17-12/h7-11,13H,5-6H2,1-4H3,(H,18,20). The average Bonchev–Trinajstić information content (AvgIpc) is 2.50. The molecule has 21 heavy (non-hydrogen) atoms. The van der Waals surface area contributed by atoms with Crippen LogP contribution in [-0.2, 0) is 9.59 Å². The number of hydrogen-bond donors (Lipinski definition) is 1. The number of rotatable bonds is 4. The van der Waals surface area contributed by atoms with Gasteiger partial charge in [0.25, 0.3) is 0 Å². The lowest BCUT2D eigenvalue weighted by Crippen LogP contribution is -2.69. The topological polar surface area (TPSA) is 62.3 Å². The zero-order valence-corrected chi connectivity index (χ0v) is 13.1. The van der Waals surface area contributed by atoms with Gasteiger partial charge in [-0.15, -0.1) is 0 Å². The molecule has 5 heteroatoms. The van der Waals surface area contributed by atoms with Crippen LogP contribution < -0.4 is 5.32 Å². The molecule has 1 N–H and O–H groups in total. The van der Waals surface area contributed by atoms with Crippen LogP contribution in [0.25, 0.3) is 0 Å².